The van der Waals surface area contributed by atoms with Crippen molar-refractivity contribution >= 4 is 27.3 Å². The Morgan fingerprint density at radius 1 is 1.26 bits per heavy atom. The van der Waals surface area contributed by atoms with Crippen molar-refractivity contribution in [2.75, 3.05) is 18.7 Å². The summed E-state index contributed by atoms with van der Waals surface area (Å²) in [5, 5.41) is 1.97. The monoisotopic (exact) mass is 506 g/mol. The Morgan fingerprint density at radius 2 is 2.03 bits per heavy atom. The number of hydrogen-bond donors (Lipinski definition) is 2. The van der Waals surface area contributed by atoms with Gasteiger partial charge in [-0.25, -0.2) is 27.3 Å². The van der Waals surface area contributed by atoms with E-state index in [9.17, 15) is 13.4 Å². The third kappa shape index (κ3) is 4.24. The topological polar surface area (TPSA) is 132 Å². The third-order valence-electron chi connectivity index (χ3n) is 6.63. The van der Waals surface area contributed by atoms with Crippen LogP contribution in [-0.2, 0) is 15.3 Å². The molecule has 2 aromatic heterocycles. The highest BCUT2D eigenvalue weighted by Crippen LogP contribution is 2.46. The molecule has 0 bridgehead atoms. The molecular weight excluding hydrogens is 478 g/mol. The molecule has 35 heavy (non-hydrogen) atoms. The summed E-state index contributed by atoms with van der Waals surface area (Å²) in [5.41, 5.74) is 4.91. The van der Waals surface area contributed by atoms with Gasteiger partial charge in [0.05, 0.1) is 21.2 Å². The van der Waals surface area contributed by atoms with E-state index in [1.807, 2.05) is 0 Å². The Balaban J connectivity index is 1.73. The normalized spacial score (nSPS) is 27.6. The molecule has 0 aliphatic carbocycles. The molecule has 2 aliphatic heterocycles. The number of rotatable bonds is 5. The summed E-state index contributed by atoms with van der Waals surface area (Å²) in [5.74, 6) is -0.893. The Hall–Kier alpha value is -3.15. The molecule has 2 aromatic rings. The summed E-state index contributed by atoms with van der Waals surface area (Å²) in [6.07, 6.45) is 3.27. The quantitative estimate of drug-likeness (QED) is 0.637. The minimum Gasteiger partial charge on any atom is -0.461 e. The molecule has 4 heterocycles. The SMILES string of the molecule is CC1(C)C(N)=N[C@](C)(c2nc(NC(=O)c3ccc(OCF)cn3)ccc2F)[C@H]2CCCCN=[S@@]21=O. The highest BCUT2D eigenvalue weighted by atomic mass is 32.2. The predicted molar refractivity (Wildman–Crippen MR) is 129 cm³/mol. The number of nitrogens with one attached hydrogen (secondary N) is 1. The number of nitrogens with zero attached hydrogens (tertiary/aromatic N) is 4. The molecule has 0 saturated heterocycles. The van der Waals surface area contributed by atoms with Crippen LogP contribution in [0.1, 0.15) is 56.2 Å². The van der Waals surface area contributed by atoms with Crippen molar-refractivity contribution in [2.45, 2.75) is 55.6 Å². The highest BCUT2D eigenvalue weighted by Gasteiger charge is 2.56. The summed E-state index contributed by atoms with van der Waals surface area (Å²) >= 11 is 0. The van der Waals surface area contributed by atoms with Gasteiger partial charge >= 0.3 is 0 Å². The lowest BCUT2D eigenvalue weighted by molar-refractivity contribution is 0.102. The number of halogens is 2. The second-order valence-electron chi connectivity index (χ2n) is 9.17. The zero-order valence-electron chi connectivity index (χ0n) is 19.8. The smallest absolute Gasteiger partial charge is 0.275 e. The van der Waals surface area contributed by atoms with Crippen LogP contribution in [0.25, 0.3) is 0 Å². The number of nitrogens with two attached hydrogens (primary N) is 1. The number of carbonyl (C=O) groups excluding carboxylic acids is 1. The maximum absolute atomic E-state index is 15.2. The van der Waals surface area contributed by atoms with Crippen molar-refractivity contribution in [2.24, 2.45) is 15.1 Å². The second-order valence-corrected chi connectivity index (χ2v) is 12.2. The van der Waals surface area contributed by atoms with Crippen molar-refractivity contribution in [3.8, 4) is 5.75 Å². The van der Waals surface area contributed by atoms with Gasteiger partial charge in [0.15, 0.2) is 0 Å². The molecule has 0 radical (unpaired) electrons. The fourth-order valence-corrected chi connectivity index (χ4v) is 7.75. The van der Waals surface area contributed by atoms with Gasteiger partial charge in [0.2, 0.25) is 6.86 Å². The summed E-state index contributed by atoms with van der Waals surface area (Å²) in [6.45, 7) is 4.61. The van der Waals surface area contributed by atoms with E-state index in [1.54, 1.807) is 20.8 Å². The van der Waals surface area contributed by atoms with Gasteiger partial charge in [0.1, 0.15) is 44.9 Å². The van der Waals surface area contributed by atoms with Crippen LogP contribution in [-0.4, -0.2) is 49.3 Å². The second kappa shape index (κ2) is 9.14. The predicted octanol–water partition coefficient (Wildman–Crippen LogP) is 3.56. The fraction of sp³-hybridized carbons (Fsp3) is 0.478. The summed E-state index contributed by atoms with van der Waals surface area (Å²) < 4.78 is 50.1. The van der Waals surface area contributed by atoms with Gasteiger partial charge in [-0.05, 0) is 57.9 Å². The highest BCUT2D eigenvalue weighted by molar-refractivity contribution is 7.96. The molecule has 188 valence electrons. The molecular formula is C23H28F2N6O3S. The van der Waals surface area contributed by atoms with E-state index in [0.29, 0.717) is 13.0 Å². The lowest BCUT2D eigenvalue weighted by Crippen LogP contribution is -2.59. The van der Waals surface area contributed by atoms with Crippen LogP contribution < -0.4 is 15.8 Å². The number of carbonyl (C=O) groups is 1. The molecule has 0 fully saturated rings. The first-order chi connectivity index (χ1) is 16.5. The molecule has 1 amide bonds. The molecule has 0 saturated carbocycles. The van der Waals surface area contributed by atoms with E-state index in [1.165, 1.54) is 30.5 Å². The molecule has 12 heteroatoms. The summed E-state index contributed by atoms with van der Waals surface area (Å²) in [7, 11) is -2.93. The minimum absolute atomic E-state index is 0.0300. The van der Waals surface area contributed by atoms with Crippen molar-refractivity contribution in [1.29, 1.82) is 0 Å². The zero-order chi connectivity index (χ0) is 25.4. The van der Waals surface area contributed by atoms with E-state index in [0.717, 1.165) is 12.8 Å². The Bertz CT molecular complexity index is 1290. The van der Waals surface area contributed by atoms with Crippen molar-refractivity contribution in [3.63, 3.8) is 0 Å². The fourth-order valence-electron chi connectivity index (χ4n) is 4.52. The largest absolute Gasteiger partial charge is 0.461 e. The van der Waals surface area contributed by atoms with Gasteiger partial charge in [-0.15, -0.1) is 0 Å². The summed E-state index contributed by atoms with van der Waals surface area (Å²) in [4.78, 5) is 25.6. The molecule has 9 nitrogen and oxygen atoms in total. The average Bonchev–Trinajstić information content (AvgIpc) is 3.03. The third-order valence-corrected chi connectivity index (χ3v) is 10.3. The van der Waals surface area contributed by atoms with Gasteiger partial charge in [-0.2, -0.15) is 0 Å². The van der Waals surface area contributed by atoms with Crippen LogP contribution in [0.2, 0.25) is 0 Å². The van der Waals surface area contributed by atoms with E-state index in [4.69, 9.17) is 5.73 Å². The number of anilines is 1. The minimum atomic E-state index is -2.93. The van der Waals surface area contributed by atoms with Crippen LogP contribution in [0.3, 0.4) is 0 Å². The molecule has 3 atom stereocenters. The van der Waals surface area contributed by atoms with Crippen LogP contribution in [0, 0.1) is 5.82 Å². The van der Waals surface area contributed by atoms with Gasteiger partial charge in [-0.3, -0.25) is 9.79 Å². The van der Waals surface area contributed by atoms with E-state index < -0.39 is 43.8 Å². The number of fused-ring (bicyclic) bond motifs is 1. The Labute approximate surface area is 202 Å². The first-order valence-corrected chi connectivity index (χ1v) is 12.8. The van der Waals surface area contributed by atoms with Crippen LogP contribution in [0.15, 0.2) is 39.8 Å². The Kier molecular flexibility index (Phi) is 6.52. The number of amides is 1. The number of pyridine rings is 2. The maximum Gasteiger partial charge on any atom is 0.275 e. The van der Waals surface area contributed by atoms with E-state index in [2.05, 4.69) is 29.4 Å². The van der Waals surface area contributed by atoms with Crippen LogP contribution in [0.4, 0.5) is 14.6 Å². The Morgan fingerprint density at radius 3 is 2.71 bits per heavy atom. The molecule has 3 N–H and O–H groups in total. The average molecular weight is 507 g/mol. The van der Waals surface area contributed by atoms with E-state index in [-0.39, 0.29) is 28.8 Å². The van der Waals surface area contributed by atoms with Crippen molar-refractivity contribution in [3.05, 3.63) is 47.7 Å². The number of aromatic nitrogens is 2. The van der Waals surface area contributed by atoms with Gasteiger partial charge < -0.3 is 15.8 Å². The number of hydrogen-bond acceptors (Lipinski definition) is 8. The van der Waals surface area contributed by atoms with Crippen LogP contribution >= 0.6 is 0 Å². The molecule has 0 spiro atoms. The number of ether oxygens (including phenoxy) is 1. The lowest BCUT2D eigenvalue weighted by atomic mass is 9.88. The maximum atomic E-state index is 15.2. The molecule has 2 aliphatic rings. The number of aliphatic imine (C=N–C) groups is 1. The van der Waals surface area contributed by atoms with Gasteiger partial charge in [0, 0.05) is 6.54 Å². The first kappa shape index (κ1) is 25.0. The molecule has 0 aromatic carbocycles. The van der Waals surface area contributed by atoms with Crippen molar-refractivity contribution < 1.29 is 22.5 Å². The van der Waals surface area contributed by atoms with Gasteiger partial charge in [0.25, 0.3) is 5.91 Å². The molecule has 0 unspecified atom stereocenters. The number of alkyl halides is 1. The number of amidine groups is 1. The van der Waals surface area contributed by atoms with Gasteiger partial charge in [-0.1, -0.05) is 6.42 Å². The zero-order valence-corrected chi connectivity index (χ0v) is 20.6. The summed E-state index contributed by atoms with van der Waals surface area (Å²) in [6, 6.07) is 5.26. The standard InChI is InChI=1S/C23H28F2N6O3S/c1-22(2)21(26)31-23(3,17-6-4-5-11-28-35(17,22)33)19-15(25)8-10-18(29-19)30-20(32)16-9-7-14(12-27-16)34-13-24/h7-10,12,17H,4-6,11,13H2,1-3H3,(H2,26,31)(H,29,30,32)/t17-,23+,35-/m1/s1. The lowest BCUT2D eigenvalue weighted by Gasteiger charge is -2.45. The molecule has 4 rings (SSSR count). The van der Waals surface area contributed by atoms with Crippen molar-refractivity contribution in [1.82, 2.24) is 9.97 Å². The van der Waals surface area contributed by atoms with Crippen LogP contribution in [0.5, 0.6) is 5.75 Å². The van der Waals surface area contributed by atoms with E-state index >= 15 is 4.39 Å². The first-order valence-electron chi connectivity index (χ1n) is 11.2.